The zero-order valence-electron chi connectivity index (χ0n) is 18.4. The first kappa shape index (κ1) is 23.6. The van der Waals surface area contributed by atoms with Crippen molar-refractivity contribution in [2.45, 2.75) is 45.0 Å². The number of nitrogens with zero attached hydrogens (tertiary/aromatic N) is 3. The van der Waals surface area contributed by atoms with Crippen LogP contribution in [0.3, 0.4) is 0 Å². The van der Waals surface area contributed by atoms with E-state index in [0.717, 1.165) is 49.3 Å². The fourth-order valence-electron chi connectivity index (χ4n) is 3.69. The van der Waals surface area contributed by atoms with Gasteiger partial charge in [-0.15, -0.1) is 13.2 Å². The van der Waals surface area contributed by atoms with Gasteiger partial charge in [0.15, 0.2) is 0 Å². The summed E-state index contributed by atoms with van der Waals surface area (Å²) in [6.45, 7) is 2.47. The van der Waals surface area contributed by atoms with Gasteiger partial charge in [0.1, 0.15) is 11.6 Å². The summed E-state index contributed by atoms with van der Waals surface area (Å²) in [7, 11) is 3.88. The Hall–Kier alpha value is -3.04. The largest absolute Gasteiger partial charge is 0.573 e. The van der Waals surface area contributed by atoms with Gasteiger partial charge in [0.05, 0.1) is 0 Å². The van der Waals surface area contributed by atoms with Crippen molar-refractivity contribution in [3.8, 4) is 5.75 Å². The van der Waals surface area contributed by atoms with E-state index in [1.165, 1.54) is 12.1 Å². The predicted molar refractivity (Wildman–Crippen MR) is 116 cm³/mol. The third kappa shape index (κ3) is 7.00. The average Bonchev–Trinajstić information content (AvgIpc) is 2.72. The maximum atomic E-state index is 12.3. The highest BCUT2D eigenvalue weighted by Crippen LogP contribution is 2.26. The first-order chi connectivity index (χ1) is 15.1. The van der Waals surface area contributed by atoms with E-state index in [1.807, 2.05) is 32.0 Å². The standard InChI is InChI=1S/C22H28F3N5O2/c1-14-12-19(30(2)3)29-21(27-14)28-17-8-4-15(5-9-17)13-26-20(31)16-6-10-18(11-7-16)32-22(23,24)25/h6-7,10-12,15,17H,4-5,8-9,13H2,1-3H3,(H,26,31)(H,27,28,29). The van der Waals surface area contributed by atoms with Gasteiger partial charge in [0.25, 0.3) is 5.91 Å². The molecule has 3 rings (SSSR count). The molecule has 0 unspecified atom stereocenters. The average molecular weight is 451 g/mol. The van der Waals surface area contributed by atoms with Crippen LogP contribution in [-0.2, 0) is 0 Å². The maximum Gasteiger partial charge on any atom is 0.573 e. The molecule has 1 heterocycles. The van der Waals surface area contributed by atoms with Crippen LogP contribution in [0.15, 0.2) is 30.3 Å². The fourth-order valence-corrected chi connectivity index (χ4v) is 3.69. The molecule has 7 nitrogen and oxygen atoms in total. The lowest BCUT2D eigenvalue weighted by molar-refractivity contribution is -0.274. The Morgan fingerprint density at radius 2 is 1.78 bits per heavy atom. The van der Waals surface area contributed by atoms with Gasteiger partial charge in [0, 0.05) is 44.0 Å². The van der Waals surface area contributed by atoms with Crippen LogP contribution in [0.4, 0.5) is 24.9 Å². The van der Waals surface area contributed by atoms with Crippen molar-refractivity contribution >= 4 is 17.7 Å². The van der Waals surface area contributed by atoms with Crippen LogP contribution < -0.4 is 20.3 Å². The van der Waals surface area contributed by atoms with Gasteiger partial charge in [-0.05, 0) is 62.8 Å². The monoisotopic (exact) mass is 451 g/mol. The number of alkyl halides is 3. The number of halogens is 3. The Morgan fingerprint density at radius 1 is 1.12 bits per heavy atom. The molecule has 2 N–H and O–H groups in total. The zero-order chi connectivity index (χ0) is 23.3. The summed E-state index contributed by atoms with van der Waals surface area (Å²) in [5.41, 5.74) is 1.20. The molecule has 0 aliphatic heterocycles. The first-order valence-corrected chi connectivity index (χ1v) is 10.5. The van der Waals surface area contributed by atoms with Crippen molar-refractivity contribution < 1.29 is 22.7 Å². The normalized spacial score (nSPS) is 18.7. The minimum atomic E-state index is -4.75. The van der Waals surface area contributed by atoms with E-state index < -0.39 is 6.36 Å². The van der Waals surface area contributed by atoms with Crippen LogP contribution in [0, 0.1) is 12.8 Å². The number of hydrogen-bond donors (Lipinski definition) is 2. The second-order valence-electron chi connectivity index (χ2n) is 8.23. The van der Waals surface area contributed by atoms with Crippen molar-refractivity contribution in [3.63, 3.8) is 0 Å². The summed E-state index contributed by atoms with van der Waals surface area (Å²) in [6.07, 6.45) is -0.972. The number of rotatable bonds is 7. The lowest BCUT2D eigenvalue weighted by Crippen LogP contribution is -2.34. The molecule has 0 spiro atoms. The maximum absolute atomic E-state index is 12.3. The molecule has 0 saturated heterocycles. The molecule has 32 heavy (non-hydrogen) atoms. The van der Waals surface area contributed by atoms with Gasteiger partial charge in [-0.3, -0.25) is 4.79 Å². The highest BCUT2D eigenvalue weighted by atomic mass is 19.4. The Bertz CT molecular complexity index is 911. The molecular formula is C22H28F3N5O2. The molecule has 10 heteroatoms. The Kier molecular flexibility index (Phi) is 7.42. The molecule has 1 amide bonds. The van der Waals surface area contributed by atoms with Crippen molar-refractivity contribution in [3.05, 3.63) is 41.6 Å². The smallest absolute Gasteiger partial charge is 0.406 e. The van der Waals surface area contributed by atoms with E-state index >= 15 is 0 Å². The molecule has 1 aliphatic carbocycles. The lowest BCUT2D eigenvalue weighted by Gasteiger charge is -2.29. The summed E-state index contributed by atoms with van der Waals surface area (Å²) < 4.78 is 40.5. The number of aryl methyl sites for hydroxylation is 1. The van der Waals surface area contributed by atoms with Gasteiger partial charge in [-0.2, -0.15) is 4.98 Å². The summed E-state index contributed by atoms with van der Waals surface area (Å²) in [5, 5.41) is 6.30. The van der Waals surface area contributed by atoms with E-state index in [4.69, 9.17) is 0 Å². The summed E-state index contributed by atoms with van der Waals surface area (Å²) >= 11 is 0. The lowest BCUT2D eigenvalue weighted by atomic mass is 9.86. The minimum Gasteiger partial charge on any atom is -0.406 e. The SMILES string of the molecule is Cc1cc(N(C)C)nc(NC2CCC(CNC(=O)c3ccc(OC(F)(F)F)cc3)CC2)n1. The third-order valence-electron chi connectivity index (χ3n) is 5.38. The number of carbonyl (C=O) groups excluding carboxylic acids is 1. The van der Waals surface area contributed by atoms with Crippen LogP contribution in [0.5, 0.6) is 5.75 Å². The van der Waals surface area contributed by atoms with Crippen molar-refractivity contribution in [1.82, 2.24) is 15.3 Å². The molecule has 0 radical (unpaired) electrons. The number of benzene rings is 1. The van der Waals surface area contributed by atoms with Crippen LogP contribution in [0.25, 0.3) is 0 Å². The molecule has 0 bridgehead atoms. The van der Waals surface area contributed by atoms with Crippen LogP contribution in [0.2, 0.25) is 0 Å². The van der Waals surface area contributed by atoms with E-state index in [1.54, 1.807) is 0 Å². The van der Waals surface area contributed by atoms with E-state index in [2.05, 4.69) is 25.3 Å². The first-order valence-electron chi connectivity index (χ1n) is 10.5. The van der Waals surface area contributed by atoms with Crippen LogP contribution in [-0.4, -0.2) is 48.9 Å². The molecule has 2 aromatic rings. The molecule has 1 saturated carbocycles. The summed E-state index contributed by atoms with van der Waals surface area (Å²) in [4.78, 5) is 23.3. The van der Waals surface area contributed by atoms with Gasteiger partial charge in [0.2, 0.25) is 5.95 Å². The molecular weight excluding hydrogens is 423 g/mol. The number of ether oxygens (including phenoxy) is 1. The molecule has 1 aliphatic rings. The number of nitrogens with one attached hydrogen (secondary N) is 2. The van der Waals surface area contributed by atoms with Gasteiger partial charge >= 0.3 is 6.36 Å². The third-order valence-corrected chi connectivity index (χ3v) is 5.38. The Labute approximate surface area is 185 Å². The minimum absolute atomic E-state index is 0.278. The second-order valence-corrected chi connectivity index (χ2v) is 8.23. The second kappa shape index (κ2) is 10.1. The Morgan fingerprint density at radius 3 is 2.38 bits per heavy atom. The van der Waals surface area contributed by atoms with Gasteiger partial charge < -0.3 is 20.3 Å². The van der Waals surface area contributed by atoms with Gasteiger partial charge in [-0.1, -0.05) is 0 Å². The molecule has 1 fully saturated rings. The number of hydrogen-bond acceptors (Lipinski definition) is 6. The van der Waals surface area contributed by atoms with Crippen molar-refractivity contribution in [2.24, 2.45) is 5.92 Å². The highest BCUT2D eigenvalue weighted by molar-refractivity contribution is 5.94. The van der Waals surface area contributed by atoms with E-state index in [9.17, 15) is 18.0 Å². The predicted octanol–water partition coefficient (Wildman–Crippen LogP) is 4.15. The van der Waals surface area contributed by atoms with Gasteiger partial charge in [-0.25, -0.2) is 4.98 Å². The van der Waals surface area contributed by atoms with Crippen LogP contribution in [0.1, 0.15) is 41.7 Å². The molecule has 0 atom stereocenters. The van der Waals surface area contributed by atoms with E-state index in [-0.39, 0.29) is 17.7 Å². The van der Waals surface area contributed by atoms with Crippen molar-refractivity contribution in [2.75, 3.05) is 30.9 Å². The zero-order valence-corrected chi connectivity index (χ0v) is 18.4. The number of aromatic nitrogens is 2. The van der Waals surface area contributed by atoms with Crippen LogP contribution >= 0.6 is 0 Å². The summed E-state index contributed by atoms with van der Waals surface area (Å²) in [6, 6.07) is 7.12. The highest BCUT2D eigenvalue weighted by Gasteiger charge is 2.31. The molecule has 174 valence electrons. The van der Waals surface area contributed by atoms with Crippen molar-refractivity contribution in [1.29, 1.82) is 0 Å². The number of anilines is 2. The molecule has 1 aromatic heterocycles. The Balaban J connectivity index is 1.44. The quantitative estimate of drug-likeness (QED) is 0.659. The molecule has 1 aromatic carbocycles. The summed E-state index contributed by atoms with van der Waals surface area (Å²) in [5.74, 6) is 1.17. The van der Waals surface area contributed by atoms with E-state index in [0.29, 0.717) is 24.0 Å². The topological polar surface area (TPSA) is 79.4 Å². The fraction of sp³-hybridized carbons (Fsp3) is 0.500. The number of carbonyl (C=O) groups is 1. The number of amides is 1.